The van der Waals surface area contributed by atoms with Gasteiger partial charge in [0.2, 0.25) is 0 Å². The van der Waals surface area contributed by atoms with E-state index in [1.165, 1.54) is 12.1 Å². The Bertz CT molecular complexity index is 1060. The van der Waals surface area contributed by atoms with E-state index in [4.69, 9.17) is 11.3 Å². The highest BCUT2D eigenvalue weighted by Gasteiger charge is 2.46. The first-order valence-corrected chi connectivity index (χ1v) is 9.69. The summed E-state index contributed by atoms with van der Waals surface area (Å²) in [6, 6.07) is 5.63. The average Bonchev–Trinajstić information content (AvgIpc) is 2.57. The van der Waals surface area contributed by atoms with Crippen LogP contribution in [0.25, 0.3) is 4.85 Å². The van der Waals surface area contributed by atoms with Gasteiger partial charge < -0.3 is 9.84 Å². The van der Waals surface area contributed by atoms with E-state index in [9.17, 15) is 26.7 Å². The zero-order valence-electron chi connectivity index (χ0n) is 14.0. The molecular formula is C18H14F3NO4S. The summed E-state index contributed by atoms with van der Waals surface area (Å²) >= 11 is 0. The van der Waals surface area contributed by atoms with E-state index in [2.05, 4.69) is 4.85 Å². The molecule has 0 aromatic heterocycles. The molecule has 1 unspecified atom stereocenters. The molecule has 1 atom stereocenters. The maximum Gasteiger partial charge on any atom is 0.277 e. The fourth-order valence-electron chi connectivity index (χ4n) is 3.04. The molecule has 0 fully saturated rings. The Morgan fingerprint density at radius 1 is 1.30 bits per heavy atom. The molecule has 2 aromatic carbocycles. The number of sulfone groups is 1. The lowest BCUT2D eigenvalue weighted by Gasteiger charge is -2.32. The minimum Gasteiger partial charge on any atom is -0.458 e. The predicted molar refractivity (Wildman–Crippen MR) is 90.5 cm³/mol. The number of rotatable bonds is 3. The van der Waals surface area contributed by atoms with Gasteiger partial charge in [0.1, 0.15) is 23.4 Å². The third-order valence-electron chi connectivity index (χ3n) is 4.27. The standard InChI is InChI=1S/C18H14F3NO4S/c1-22-11-7-10(19)8-12(9-11)26-14-3-4-15(27(2,24)25)16-13(14)5-6-18(20,21)17(16)23/h3-4,7-9,17,23H,5-6H2,2H3. The normalized spacial score (nSPS) is 18.4. The monoisotopic (exact) mass is 397 g/mol. The molecule has 2 aromatic rings. The van der Waals surface area contributed by atoms with E-state index in [0.29, 0.717) is 0 Å². The molecule has 0 heterocycles. The van der Waals surface area contributed by atoms with Crippen molar-refractivity contribution in [3.63, 3.8) is 0 Å². The summed E-state index contributed by atoms with van der Waals surface area (Å²) in [4.78, 5) is 2.71. The van der Waals surface area contributed by atoms with Crippen molar-refractivity contribution in [2.24, 2.45) is 0 Å². The lowest BCUT2D eigenvalue weighted by Crippen LogP contribution is -2.33. The minimum absolute atomic E-state index is 0.0156. The summed E-state index contributed by atoms with van der Waals surface area (Å²) in [5, 5.41) is 10.1. The average molecular weight is 397 g/mol. The summed E-state index contributed by atoms with van der Waals surface area (Å²) in [5.41, 5.74) is -0.309. The highest BCUT2D eigenvalue weighted by atomic mass is 32.2. The Kier molecular flexibility index (Phi) is 4.66. The van der Waals surface area contributed by atoms with Crippen molar-refractivity contribution in [3.8, 4) is 11.5 Å². The summed E-state index contributed by atoms with van der Waals surface area (Å²) in [6.07, 6.45) is -2.37. The van der Waals surface area contributed by atoms with E-state index in [0.717, 1.165) is 24.5 Å². The van der Waals surface area contributed by atoms with Gasteiger partial charge >= 0.3 is 0 Å². The first-order valence-electron chi connectivity index (χ1n) is 7.80. The highest BCUT2D eigenvalue weighted by Crippen LogP contribution is 2.47. The maximum atomic E-state index is 14.0. The van der Waals surface area contributed by atoms with E-state index in [-0.39, 0.29) is 29.2 Å². The van der Waals surface area contributed by atoms with Crippen LogP contribution in [0.1, 0.15) is 23.7 Å². The molecule has 0 radical (unpaired) electrons. The van der Waals surface area contributed by atoms with Crippen LogP contribution in [-0.2, 0) is 16.3 Å². The van der Waals surface area contributed by atoms with Crippen LogP contribution in [0.15, 0.2) is 35.2 Å². The molecule has 142 valence electrons. The van der Waals surface area contributed by atoms with Gasteiger partial charge in [0.25, 0.3) is 5.92 Å². The molecule has 1 aliphatic carbocycles. The van der Waals surface area contributed by atoms with Crippen molar-refractivity contribution >= 4 is 15.5 Å². The smallest absolute Gasteiger partial charge is 0.277 e. The number of alkyl halides is 2. The number of aliphatic hydroxyl groups is 1. The van der Waals surface area contributed by atoms with Crippen molar-refractivity contribution in [2.75, 3.05) is 6.26 Å². The van der Waals surface area contributed by atoms with Crippen molar-refractivity contribution in [3.05, 3.63) is 58.7 Å². The number of hydrogen-bond acceptors (Lipinski definition) is 4. The number of benzene rings is 2. The van der Waals surface area contributed by atoms with Crippen molar-refractivity contribution in [1.82, 2.24) is 0 Å². The Morgan fingerprint density at radius 3 is 2.63 bits per heavy atom. The van der Waals surface area contributed by atoms with Crippen LogP contribution in [0.5, 0.6) is 11.5 Å². The Morgan fingerprint density at radius 2 is 2.00 bits per heavy atom. The molecule has 0 aliphatic heterocycles. The Labute approximate surface area is 153 Å². The van der Waals surface area contributed by atoms with Crippen molar-refractivity contribution < 1.29 is 31.4 Å². The van der Waals surface area contributed by atoms with Crippen LogP contribution in [0, 0.1) is 12.4 Å². The third kappa shape index (κ3) is 3.63. The van der Waals surface area contributed by atoms with E-state index >= 15 is 0 Å². The van der Waals surface area contributed by atoms with Gasteiger partial charge in [0.15, 0.2) is 15.5 Å². The van der Waals surface area contributed by atoms with E-state index < -0.39 is 44.6 Å². The largest absolute Gasteiger partial charge is 0.458 e. The van der Waals surface area contributed by atoms with Gasteiger partial charge in [-0.05, 0) is 30.7 Å². The van der Waals surface area contributed by atoms with Crippen LogP contribution in [0.4, 0.5) is 18.9 Å². The van der Waals surface area contributed by atoms with Gasteiger partial charge in [-0.15, -0.1) is 0 Å². The molecule has 27 heavy (non-hydrogen) atoms. The lowest BCUT2D eigenvalue weighted by molar-refractivity contribution is -0.123. The molecule has 9 heteroatoms. The second-order valence-corrected chi connectivity index (χ2v) is 8.23. The first kappa shape index (κ1) is 19.2. The van der Waals surface area contributed by atoms with Gasteiger partial charge in [0, 0.05) is 29.9 Å². The van der Waals surface area contributed by atoms with Crippen molar-refractivity contribution in [1.29, 1.82) is 0 Å². The third-order valence-corrected chi connectivity index (χ3v) is 5.42. The second-order valence-electron chi connectivity index (χ2n) is 6.25. The van der Waals surface area contributed by atoms with Gasteiger partial charge in [-0.1, -0.05) is 0 Å². The van der Waals surface area contributed by atoms with Gasteiger partial charge in [-0.2, -0.15) is 0 Å². The molecule has 0 spiro atoms. The van der Waals surface area contributed by atoms with Gasteiger partial charge in [0.05, 0.1) is 11.5 Å². The maximum absolute atomic E-state index is 14.0. The molecule has 3 rings (SSSR count). The Balaban J connectivity index is 2.16. The quantitative estimate of drug-likeness (QED) is 0.789. The van der Waals surface area contributed by atoms with Crippen LogP contribution in [-0.4, -0.2) is 25.7 Å². The van der Waals surface area contributed by atoms with Crippen LogP contribution >= 0.6 is 0 Å². The van der Waals surface area contributed by atoms with E-state index in [1.807, 2.05) is 0 Å². The molecule has 0 amide bonds. The first-order chi connectivity index (χ1) is 12.5. The number of aliphatic hydroxyl groups excluding tert-OH is 1. The lowest BCUT2D eigenvalue weighted by atomic mass is 9.86. The van der Waals surface area contributed by atoms with E-state index in [1.54, 1.807) is 0 Å². The number of halogens is 3. The molecule has 5 nitrogen and oxygen atoms in total. The molecular weight excluding hydrogens is 383 g/mol. The van der Waals surface area contributed by atoms with Gasteiger partial charge in [-0.25, -0.2) is 26.4 Å². The molecule has 0 saturated heterocycles. The SMILES string of the molecule is [C-]#[N+]c1cc(F)cc(Oc2ccc(S(C)(=O)=O)c3c2CCC(F)(F)C3O)c1. The molecule has 1 N–H and O–H groups in total. The van der Waals surface area contributed by atoms with Crippen LogP contribution < -0.4 is 4.74 Å². The summed E-state index contributed by atoms with van der Waals surface area (Å²) in [6.45, 7) is 6.95. The summed E-state index contributed by atoms with van der Waals surface area (Å²) in [7, 11) is -3.88. The number of fused-ring (bicyclic) bond motifs is 1. The molecule has 0 saturated carbocycles. The topological polar surface area (TPSA) is 68.0 Å². The zero-order chi connectivity index (χ0) is 20.0. The summed E-state index contributed by atoms with van der Waals surface area (Å²) < 4.78 is 71.1. The van der Waals surface area contributed by atoms with Crippen LogP contribution in [0.3, 0.4) is 0 Å². The minimum atomic E-state index is -3.88. The second kappa shape index (κ2) is 6.55. The fourth-order valence-corrected chi connectivity index (χ4v) is 3.99. The van der Waals surface area contributed by atoms with Crippen LogP contribution in [0.2, 0.25) is 0 Å². The van der Waals surface area contributed by atoms with Crippen molar-refractivity contribution in [2.45, 2.75) is 29.8 Å². The number of hydrogen-bond donors (Lipinski definition) is 1. The predicted octanol–water partition coefficient (Wildman–Crippen LogP) is 4.19. The molecule has 1 aliphatic rings. The number of ether oxygens (including phenoxy) is 1. The summed E-state index contributed by atoms with van der Waals surface area (Å²) in [5.74, 6) is -4.22. The highest BCUT2D eigenvalue weighted by molar-refractivity contribution is 7.90. The van der Waals surface area contributed by atoms with Gasteiger partial charge in [-0.3, -0.25) is 0 Å². The number of nitrogens with zero attached hydrogens (tertiary/aromatic N) is 1. The fraction of sp³-hybridized carbons (Fsp3) is 0.278. The zero-order valence-corrected chi connectivity index (χ0v) is 14.9. The Hall–Kier alpha value is -2.57. The molecule has 0 bridgehead atoms.